The molecule has 16 heavy (non-hydrogen) atoms. The Morgan fingerprint density at radius 1 is 1.31 bits per heavy atom. The second-order valence-corrected chi connectivity index (χ2v) is 14.1. The van der Waals surface area contributed by atoms with Crippen LogP contribution >= 0.6 is 22.2 Å². The summed E-state index contributed by atoms with van der Waals surface area (Å²) in [7, 11) is 0. The number of hydrogen-bond acceptors (Lipinski definition) is 0. The fourth-order valence-electron chi connectivity index (χ4n) is 2.73. The van der Waals surface area contributed by atoms with Crippen LogP contribution in [-0.2, 0) is 0 Å². The molecule has 94 valence electrons. The molecule has 3 heteroatoms. The monoisotopic (exact) mass is 278 g/mol. The molecule has 0 saturated heterocycles. The van der Waals surface area contributed by atoms with Crippen molar-refractivity contribution in [1.82, 2.24) is 0 Å². The van der Waals surface area contributed by atoms with Gasteiger partial charge in [0.2, 0.25) is 0 Å². The fourth-order valence-corrected chi connectivity index (χ4v) is 5.77. The predicted molar refractivity (Wildman–Crippen MR) is 77.6 cm³/mol. The third kappa shape index (κ3) is 3.51. The van der Waals surface area contributed by atoms with Crippen LogP contribution in [-0.4, -0.2) is 6.69 Å². The molecule has 0 heterocycles. The average Bonchev–Trinajstić information content (AvgIpc) is 2.14. The highest BCUT2D eigenvalue weighted by atomic mass is 35.7. The quantitative estimate of drug-likeness (QED) is 0.328. The Hall–Kier alpha value is 0.537. The van der Waals surface area contributed by atoms with Crippen molar-refractivity contribution in [3.8, 4) is 0 Å². The van der Waals surface area contributed by atoms with Gasteiger partial charge < -0.3 is 0 Å². The summed E-state index contributed by atoms with van der Waals surface area (Å²) in [5, 5.41) is 0. The van der Waals surface area contributed by atoms with E-state index in [9.17, 15) is 0 Å². The maximum Gasteiger partial charge on any atom is 0.255 e. The predicted octanol–water partition coefficient (Wildman–Crippen LogP) is 5.70. The van der Waals surface area contributed by atoms with Crippen LogP contribution in [0, 0.1) is 11.3 Å². The summed E-state index contributed by atoms with van der Waals surface area (Å²) in [5.74, 6) is 0.755. The van der Waals surface area contributed by atoms with Crippen molar-refractivity contribution >= 4 is 28.9 Å². The summed E-state index contributed by atoms with van der Waals surface area (Å²) >= 11 is 12.9. The van der Waals surface area contributed by atoms with E-state index in [1.54, 1.807) is 0 Å². The molecule has 0 spiro atoms. The highest BCUT2D eigenvalue weighted by molar-refractivity contribution is 7.45. The zero-order chi connectivity index (χ0) is 12.6. The van der Waals surface area contributed by atoms with Gasteiger partial charge in [0.15, 0.2) is 0 Å². The molecule has 0 aromatic heterocycles. The Labute approximate surface area is 111 Å². The van der Waals surface area contributed by atoms with E-state index in [2.05, 4.69) is 40.3 Å². The summed E-state index contributed by atoms with van der Waals surface area (Å²) in [6, 6.07) is 0. The lowest BCUT2D eigenvalue weighted by Crippen LogP contribution is -2.34. The van der Waals surface area contributed by atoms with Crippen molar-refractivity contribution < 1.29 is 0 Å². The van der Waals surface area contributed by atoms with Crippen LogP contribution in [0.2, 0.25) is 12.1 Å². The minimum absolute atomic E-state index is 0.380. The van der Waals surface area contributed by atoms with Crippen molar-refractivity contribution in [3.05, 3.63) is 11.6 Å². The molecule has 2 atom stereocenters. The Kier molecular flexibility index (Phi) is 4.59. The first-order valence-corrected chi connectivity index (χ1v) is 10.8. The smallest absolute Gasteiger partial charge is 0.145 e. The van der Waals surface area contributed by atoms with Crippen LogP contribution in [0.3, 0.4) is 0 Å². The first-order chi connectivity index (χ1) is 7.16. The topological polar surface area (TPSA) is 0 Å². The van der Waals surface area contributed by atoms with Crippen LogP contribution < -0.4 is 0 Å². The second-order valence-electron chi connectivity index (χ2n) is 6.21. The third-order valence-corrected chi connectivity index (χ3v) is 7.37. The minimum Gasteiger partial charge on any atom is -0.145 e. The van der Waals surface area contributed by atoms with Gasteiger partial charge in [-0.1, -0.05) is 32.4 Å². The highest BCUT2D eigenvalue weighted by Crippen LogP contribution is 2.50. The molecule has 0 aromatic rings. The van der Waals surface area contributed by atoms with Crippen molar-refractivity contribution in [2.24, 2.45) is 11.3 Å². The SMILES string of the molecule is CC=C1CCC(C(C)(C)C)CC1[Si](C)(Cl)Cl. The standard InChI is InChI=1S/C13H24Cl2Si/c1-6-10-7-8-11(13(2,3)4)9-12(10)16(5,14)15/h6,11-12H,7-9H2,1-5H3. The highest BCUT2D eigenvalue weighted by Gasteiger charge is 2.42. The van der Waals surface area contributed by atoms with Gasteiger partial charge in [-0.15, -0.1) is 22.2 Å². The van der Waals surface area contributed by atoms with Crippen molar-refractivity contribution in [2.45, 2.75) is 59.0 Å². The molecule has 2 unspecified atom stereocenters. The molecule has 0 nitrogen and oxygen atoms in total. The fraction of sp³-hybridized carbons (Fsp3) is 0.846. The number of halogens is 2. The molecule has 1 fully saturated rings. The first-order valence-electron chi connectivity index (χ1n) is 6.19. The summed E-state index contributed by atoms with van der Waals surface area (Å²) in [6.07, 6.45) is 5.89. The number of rotatable bonds is 1. The molecule has 0 aromatic carbocycles. The van der Waals surface area contributed by atoms with Gasteiger partial charge in [0.05, 0.1) is 0 Å². The van der Waals surface area contributed by atoms with Gasteiger partial charge in [-0.25, -0.2) is 0 Å². The van der Waals surface area contributed by atoms with Crippen LogP contribution in [0.1, 0.15) is 47.0 Å². The van der Waals surface area contributed by atoms with Crippen molar-refractivity contribution in [3.63, 3.8) is 0 Å². The van der Waals surface area contributed by atoms with Gasteiger partial charge >= 0.3 is 0 Å². The lowest BCUT2D eigenvalue weighted by Gasteiger charge is -2.41. The molecular weight excluding hydrogens is 255 g/mol. The zero-order valence-corrected chi connectivity index (χ0v) is 13.6. The van der Waals surface area contributed by atoms with Gasteiger partial charge in [0, 0.05) is 5.54 Å². The number of allylic oxidation sites excluding steroid dienone is 2. The first kappa shape index (κ1) is 14.6. The molecular formula is C13H24Cl2Si. The molecule has 0 amide bonds. The van der Waals surface area contributed by atoms with E-state index in [0.717, 1.165) is 5.92 Å². The molecule has 0 radical (unpaired) electrons. The summed E-state index contributed by atoms with van der Waals surface area (Å²) in [6.45, 7) is 9.09. The van der Waals surface area contributed by atoms with Gasteiger partial charge in [0.25, 0.3) is 6.69 Å². The van der Waals surface area contributed by atoms with E-state index in [4.69, 9.17) is 22.2 Å². The van der Waals surface area contributed by atoms with E-state index >= 15 is 0 Å². The lowest BCUT2D eigenvalue weighted by atomic mass is 9.71. The normalized spacial score (nSPS) is 30.8. The molecule has 1 aliphatic rings. The molecule has 1 rings (SSSR count). The van der Waals surface area contributed by atoms with Gasteiger partial charge in [-0.05, 0) is 44.1 Å². The largest absolute Gasteiger partial charge is 0.255 e. The average molecular weight is 279 g/mol. The summed E-state index contributed by atoms with van der Waals surface area (Å²) in [4.78, 5) is 0. The lowest BCUT2D eigenvalue weighted by molar-refractivity contribution is 0.196. The van der Waals surface area contributed by atoms with Gasteiger partial charge in [-0.2, -0.15) is 0 Å². The molecule has 1 saturated carbocycles. The Bertz CT molecular complexity index is 271. The second kappa shape index (κ2) is 5.03. The Balaban J connectivity index is 2.87. The molecule has 0 aliphatic heterocycles. The van der Waals surface area contributed by atoms with Crippen LogP contribution in [0.5, 0.6) is 0 Å². The zero-order valence-electron chi connectivity index (χ0n) is 11.1. The molecule has 0 bridgehead atoms. The van der Waals surface area contributed by atoms with Crippen molar-refractivity contribution in [1.29, 1.82) is 0 Å². The van der Waals surface area contributed by atoms with Crippen LogP contribution in [0.4, 0.5) is 0 Å². The van der Waals surface area contributed by atoms with Crippen LogP contribution in [0.25, 0.3) is 0 Å². The van der Waals surface area contributed by atoms with Gasteiger partial charge in [-0.3, -0.25) is 0 Å². The van der Waals surface area contributed by atoms with Crippen molar-refractivity contribution in [2.75, 3.05) is 0 Å². The van der Waals surface area contributed by atoms with Crippen LogP contribution in [0.15, 0.2) is 11.6 Å². The molecule has 0 N–H and O–H groups in total. The van der Waals surface area contributed by atoms with E-state index in [1.165, 1.54) is 24.8 Å². The molecule has 1 aliphatic carbocycles. The third-order valence-electron chi connectivity index (χ3n) is 3.96. The van der Waals surface area contributed by atoms with E-state index in [1.807, 2.05) is 0 Å². The maximum absolute atomic E-state index is 6.46. The Morgan fingerprint density at radius 3 is 2.25 bits per heavy atom. The summed E-state index contributed by atoms with van der Waals surface area (Å²) in [5.41, 5.74) is 2.34. The number of hydrogen-bond donors (Lipinski definition) is 0. The van der Waals surface area contributed by atoms with E-state index < -0.39 is 6.69 Å². The van der Waals surface area contributed by atoms with E-state index in [-0.39, 0.29) is 0 Å². The van der Waals surface area contributed by atoms with E-state index in [0.29, 0.717) is 11.0 Å². The minimum atomic E-state index is -2.08. The van der Waals surface area contributed by atoms with Gasteiger partial charge in [0.1, 0.15) is 0 Å². The Morgan fingerprint density at radius 2 is 1.88 bits per heavy atom. The summed E-state index contributed by atoms with van der Waals surface area (Å²) < 4.78 is 0. The maximum atomic E-state index is 6.46.